The molecule has 0 aliphatic rings. The number of halogens is 1. The van der Waals surface area contributed by atoms with E-state index < -0.39 is 5.97 Å². The van der Waals surface area contributed by atoms with Crippen molar-refractivity contribution in [2.24, 2.45) is 0 Å². The Morgan fingerprint density at radius 2 is 2.33 bits per heavy atom. The molecule has 2 heterocycles. The maximum Gasteiger partial charge on any atom is 0.303 e. The summed E-state index contributed by atoms with van der Waals surface area (Å²) in [5.74, 6) is -0.779. The van der Waals surface area contributed by atoms with Crippen LogP contribution in [0.2, 0.25) is 5.15 Å². The van der Waals surface area contributed by atoms with E-state index in [1.165, 1.54) is 0 Å². The van der Waals surface area contributed by atoms with Gasteiger partial charge < -0.3 is 5.11 Å². The topological polar surface area (TPSA) is 50.2 Å². The monoisotopic (exact) mass is 241 g/mol. The molecule has 0 aromatic carbocycles. The van der Waals surface area contributed by atoms with Gasteiger partial charge >= 0.3 is 5.97 Å². The van der Waals surface area contributed by atoms with Crippen LogP contribution in [-0.2, 0) is 11.2 Å². The molecule has 0 saturated carbocycles. The van der Waals surface area contributed by atoms with Crippen LogP contribution in [0.5, 0.6) is 0 Å². The number of nitrogens with zero attached hydrogens (tertiary/aromatic N) is 1. The second-order valence-corrected chi connectivity index (χ2v) is 4.68. The Hall–Kier alpha value is -1.13. The summed E-state index contributed by atoms with van der Waals surface area (Å²) < 4.78 is 1.04. The minimum atomic E-state index is -0.779. The van der Waals surface area contributed by atoms with E-state index in [0.29, 0.717) is 11.6 Å². The van der Waals surface area contributed by atoms with E-state index in [1.807, 2.05) is 12.1 Å². The molecule has 0 aliphatic heterocycles. The lowest BCUT2D eigenvalue weighted by atomic mass is 10.2. The van der Waals surface area contributed by atoms with Gasteiger partial charge in [-0.3, -0.25) is 4.79 Å². The number of pyridine rings is 1. The number of thiophene rings is 1. The Bertz CT molecular complexity index is 509. The van der Waals surface area contributed by atoms with Crippen molar-refractivity contribution < 1.29 is 9.90 Å². The van der Waals surface area contributed by atoms with E-state index in [9.17, 15) is 4.79 Å². The molecule has 15 heavy (non-hydrogen) atoms. The normalized spacial score (nSPS) is 10.7. The number of rotatable bonds is 3. The highest BCUT2D eigenvalue weighted by atomic mass is 35.5. The zero-order chi connectivity index (χ0) is 10.8. The van der Waals surface area contributed by atoms with Crippen LogP contribution >= 0.6 is 22.9 Å². The lowest BCUT2D eigenvalue weighted by molar-refractivity contribution is -0.136. The fourth-order valence-corrected chi connectivity index (χ4v) is 2.46. The number of aryl methyl sites for hydroxylation is 1. The van der Waals surface area contributed by atoms with E-state index >= 15 is 0 Å². The number of aliphatic carboxylic acids is 1. The quantitative estimate of drug-likeness (QED) is 0.841. The first-order chi connectivity index (χ1) is 7.15. The van der Waals surface area contributed by atoms with Gasteiger partial charge in [0.2, 0.25) is 0 Å². The van der Waals surface area contributed by atoms with Crippen LogP contribution in [0.4, 0.5) is 0 Å². The lowest BCUT2D eigenvalue weighted by Gasteiger charge is -1.89. The number of hydrogen-bond acceptors (Lipinski definition) is 3. The van der Waals surface area contributed by atoms with Gasteiger partial charge in [-0.25, -0.2) is 4.98 Å². The number of hydrogen-bond donors (Lipinski definition) is 1. The van der Waals surface area contributed by atoms with Gasteiger partial charge in [0.25, 0.3) is 0 Å². The Morgan fingerprint density at radius 3 is 3.07 bits per heavy atom. The van der Waals surface area contributed by atoms with Crippen molar-refractivity contribution in [2.45, 2.75) is 12.8 Å². The van der Waals surface area contributed by atoms with Crippen LogP contribution < -0.4 is 0 Å². The molecule has 5 heteroatoms. The fraction of sp³-hybridized carbons (Fsp3) is 0.200. The molecular formula is C10H8ClNO2S. The van der Waals surface area contributed by atoms with Crippen LogP contribution in [-0.4, -0.2) is 16.1 Å². The van der Waals surface area contributed by atoms with Gasteiger partial charge in [-0.1, -0.05) is 11.6 Å². The largest absolute Gasteiger partial charge is 0.481 e. The third kappa shape index (κ3) is 2.46. The molecule has 2 aromatic heterocycles. The van der Waals surface area contributed by atoms with E-state index in [2.05, 4.69) is 4.98 Å². The smallest absolute Gasteiger partial charge is 0.303 e. The number of carboxylic acid groups (broad SMARTS) is 1. The highest BCUT2D eigenvalue weighted by Crippen LogP contribution is 2.26. The van der Waals surface area contributed by atoms with Crippen molar-refractivity contribution in [3.05, 3.63) is 28.2 Å². The summed E-state index contributed by atoms with van der Waals surface area (Å²) in [4.78, 5) is 15.6. The van der Waals surface area contributed by atoms with Crippen molar-refractivity contribution in [2.75, 3.05) is 0 Å². The molecule has 0 unspecified atom stereocenters. The standard InChI is InChI=1S/C10H8ClNO2S/c11-9-3-2-8-7(12-9)5-6(15-8)1-4-10(13)14/h2-3,5H,1,4H2,(H,13,14). The first-order valence-electron chi connectivity index (χ1n) is 4.42. The molecule has 0 aliphatic carbocycles. The Balaban J connectivity index is 2.27. The van der Waals surface area contributed by atoms with E-state index in [4.69, 9.17) is 16.7 Å². The molecular weight excluding hydrogens is 234 g/mol. The van der Waals surface area contributed by atoms with Gasteiger partial charge in [-0.2, -0.15) is 0 Å². The maximum atomic E-state index is 10.4. The van der Waals surface area contributed by atoms with Gasteiger partial charge in [-0.05, 0) is 24.6 Å². The molecule has 2 rings (SSSR count). The molecule has 1 N–H and O–H groups in total. The fourth-order valence-electron chi connectivity index (χ4n) is 1.30. The van der Waals surface area contributed by atoms with Crippen LogP contribution in [0.3, 0.4) is 0 Å². The van der Waals surface area contributed by atoms with Crippen molar-refractivity contribution >= 4 is 39.1 Å². The summed E-state index contributed by atoms with van der Waals surface area (Å²) in [6, 6.07) is 5.54. The predicted molar refractivity (Wildman–Crippen MR) is 60.6 cm³/mol. The minimum absolute atomic E-state index is 0.153. The average Bonchev–Trinajstić information content (AvgIpc) is 2.56. The third-order valence-electron chi connectivity index (χ3n) is 1.98. The van der Waals surface area contributed by atoms with Crippen LogP contribution in [0.15, 0.2) is 18.2 Å². The number of aromatic nitrogens is 1. The highest BCUT2D eigenvalue weighted by Gasteiger charge is 2.05. The molecule has 0 radical (unpaired) electrons. The zero-order valence-corrected chi connectivity index (χ0v) is 9.31. The second kappa shape index (κ2) is 4.16. The maximum absolute atomic E-state index is 10.4. The number of carboxylic acids is 1. The van der Waals surface area contributed by atoms with Crippen LogP contribution in [0, 0.1) is 0 Å². The summed E-state index contributed by atoms with van der Waals surface area (Å²) in [5, 5.41) is 9.02. The van der Waals surface area contributed by atoms with Crippen molar-refractivity contribution in [3.8, 4) is 0 Å². The van der Waals surface area contributed by atoms with E-state index in [1.54, 1.807) is 17.4 Å². The van der Waals surface area contributed by atoms with Gasteiger partial charge in [-0.15, -0.1) is 11.3 Å². The SMILES string of the molecule is O=C(O)CCc1cc2nc(Cl)ccc2s1. The lowest BCUT2D eigenvalue weighted by Crippen LogP contribution is -1.95. The van der Waals surface area contributed by atoms with Crippen molar-refractivity contribution in [1.29, 1.82) is 0 Å². The molecule has 2 aromatic rings. The molecule has 0 spiro atoms. The van der Waals surface area contributed by atoms with Gasteiger partial charge in [0.1, 0.15) is 5.15 Å². The van der Waals surface area contributed by atoms with E-state index in [-0.39, 0.29) is 6.42 Å². The average molecular weight is 242 g/mol. The second-order valence-electron chi connectivity index (χ2n) is 3.12. The van der Waals surface area contributed by atoms with Gasteiger partial charge in [0, 0.05) is 4.88 Å². The molecule has 0 saturated heterocycles. The highest BCUT2D eigenvalue weighted by molar-refractivity contribution is 7.19. The summed E-state index contributed by atoms with van der Waals surface area (Å²) in [7, 11) is 0. The molecule has 78 valence electrons. The minimum Gasteiger partial charge on any atom is -0.481 e. The summed E-state index contributed by atoms with van der Waals surface area (Å²) in [5.41, 5.74) is 0.841. The summed E-state index contributed by atoms with van der Waals surface area (Å²) in [6.45, 7) is 0. The number of carbonyl (C=O) groups is 1. The Morgan fingerprint density at radius 1 is 1.53 bits per heavy atom. The Labute approximate surface area is 95.3 Å². The predicted octanol–water partition coefficient (Wildman–Crippen LogP) is 2.97. The first kappa shape index (κ1) is 10.4. The molecule has 0 bridgehead atoms. The third-order valence-corrected chi connectivity index (χ3v) is 3.34. The summed E-state index contributed by atoms with van der Waals surface area (Å²) in [6.07, 6.45) is 0.703. The van der Waals surface area contributed by atoms with Gasteiger partial charge in [0.15, 0.2) is 0 Å². The molecule has 0 atom stereocenters. The zero-order valence-electron chi connectivity index (χ0n) is 7.74. The molecule has 0 fully saturated rings. The van der Waals surface area contributed by atoms with Crippen LogP contribution in [0.25, 0.3) is 10.2 Å². The summed E-state index contributed by atoms with van der Waals surface area (Å²) >= 11 is 7.32. The first-order valence-corrected chi connectivity index (χ1v) is 5.61. The van der Waals surface area contributed by atoms with Crippen molar-refractivity contribution in [1.82, 2.24) is 4.98 Å². The molecule has 3 nitrogen and oxygen atoms in total. The van der Waals surface area contributed by atoms with E-state index in [0.717, 1.165) is 15.1 Å². The molecule has 0 amide bonds. The van der Waals surface area contributed by atoms with Crippen LogP contribution in [0.1, 0.15) is 11.3 Å². The Kier molecular flexibility index (Phi) is 2.88. The van der Waals surface area contributed by atoms with Crippen molar-refractivity contribution in [3.63, 3.8) is 0 Å². The van der Waals surface area contributed by atoms with Gasteiger partial charge in [0.05, 0.1) is 16.6 Å². The number of fused-ring (bicyclic) bond motifs is 1.